The van der Waals surface area contributed by atoms with E-state index in [1.54, 1.807) is 0 Å². The first-order valence-electron chi connectivity index (χ1n) is 11.9. The second-order valence-electron chi connectivity index (χ2n) is 10.1. The fraction of sp³-hybridized carbons (Fsp3) is 0.519. The topological polar surface area (TPSA) is 41.3 Å². The van der Waals surface area contributed by atoms with Gasteiger partial charge in [-0.3, -0.25) is 0 Å². The molecule has 0 radical (unpaired) electrons. The van der Waals surface area contributed by atoms with Crippen LogP contribution < -0.4 is 4.90 Å². The van der Waals surface area contributed by atoms with Crippen LogP contribution in [-0.2, 0) is 12.0 Å². The largest absolute Gasteiger partial charge is 0.377 e. The Morgan fingerprint density at radius 1 is 1.03 bits per heavy atom. The van der Waals surface area contributed by atoms with Crippen LogP contribution in [-0.4, -0.2) is 27.7 Å². The molecule has 4 nitrogen and oxygen atoms in total. The molecule has 0 amide bonds. The molecule has 0 saturated heterocycles. The maximum absolute atomic E-state index is 11.8. The number of hydrogen-bond donors (Lipinski definition) is 1. The first kappa shape index (κ1) is 20.6. The fourth-order valence-electron chi connectivity index (χ4n) is 5.81. The minimum Gasteiger partial charge on any atom is -0.377 e. The number of aryl methyl sites for hydroxylation is 1. The van der Waals surface area contributed by atoms with Crippen LogP contribution in [0.2, 0.25) is 0 Å². The summed E-state index contributed by atoms with van der Waals surface area (Å²) in [6, 6.07) is 15.5. The van der Waals surface area contributed by atoms with Crippen molar-refractivity contribution in [2.24, 2.45) is 5.92 Å². The van der Waals surface area contributed by atoms with Gasteiger partial charge in [0.15, 0.2) is 0 Å². The summed E-state index contributed by atoms with van der Waals surface area (Å²) in [6.45, 7) is 6.56. The molecule has 31 heavy (non-hydrogen) atoms. The second-order valence-corrected chi connectivity index (χ2v) is 10.1. The van der Waals surface area contributed by atoms with E-state index in [1.165, 1.54) is 29.6 Å². The molecule has 1 N–H and O–H groups in total. The summed E-state index contributed by atoms with van der Waals surface area (Å²) >= 11 is 0. The van der Waals surface area contributed by atoms with E-state index in [-0.39, 0.29) is 0 Å². The van der Waals surface area contributed by atoms with Gasteiger partial charge in [0, 0.05) is 30.4 Å². The van der Waals surface area contributed by atoms with E-state index in [0.29, 0.717) is 18.0 Å². The number of benzene rings is 2. The van der Waals surface area contributed by atoms with Crippen molar-refractivity contribution in [2.75, 3.05) is 11.9 Å². The predicted molar refractivity (Wildman–Crippen MR) is 128 cm³/mol. The van der Waals surface area contributed by atoms with Crippen molar-refractivity contribution >= 4 is 16.7 Å². The number of aliphatic hydroxyl groups is 1. The number of rotatable bonds is 3. The van der Waals surface area contributed by atoms with Gasteiger partial charge < -0.3 is 14.6 Å². The van der Waals surface area contributed by atoms with Gasteiger partial charge in [-0.2, -0.15) is 0 Å². The van der Waals surface area contributed by atoms with E-state index in [2.05, 4.69) is 42.5 Å². The van der Waals surface area contributed by atoms with Crippen LogP contribution in [0.15, 0.2) is 42.5 Å². The maximum atomic E-state index is 11.8. The van der Waals surface area contributed by atoms with Gasteiger partial charge in [0.05, 0.1) is 11.0 Å². The summed E-state index contributed by atoms with van der Waals surface area (Å²) in [4.78, 5) is 7.60. The normalized spacial score (nSPS) is 26.0. The lowest BCUT2D eigenvalue weighted by atomic mass is 9.86. The number of anilines is 1. The number of fused-ring (bicyclic) bond motifs is 3. The second kappa shape index (κ2) is 7.67. The van der Waals surface area contributed by atoms with Crippen molar-refractivity contribution in [2.45, 2.75) is 77.0 Å². The maximum Gasteiger partial charge on any atom is 0.146 e. The summed E-state index contributed by atoms with van der Waals surface area (Å²) in [5, 5.41) is 11.8. The van der Waals surface area contributed by atoms with Crippen molar-refractivity contribution in [3.05, 3.63) is 59.4 Å². The Bertz CT molecular complexity index is 1080. The van der Waals surface area contributed by atoms with Crippen molar-refractivity contribution in [3.63, 3.8) is 0 Å². The smallest absolute Gasteiger partial charge is 0.146 e. The van der Waals surface area contributed by atoms with Crippen LogP contribution in [0.1, 0.15) is 75.9 Å². The number of imidazole rings is 1. The lowest BCUT2D eigenvalue weighted by Gasteiger charge is -2.34. The first-order chi connectivity index (χ1) is 14.9. The molecular formula is C27H35N3O. The van der Waals surface area contributed by atoms with E-state index < -0.39 is 5.60 Å². The molecule has 1 aliphatic carbocycles. The van der Waals surface area contributed by atoms with Crippen LogP contribution in [0.5, 0.6) is 0 Å². The standard InChI is InChI=1S/C27H35N3O/c1-18-9-8-12-21(17-18)30-24-16-15-23-22(14-13-19(2)29(23)4)25(24)28-26(30)27(3,31)20-10-6-5-7-11-20/h5-7,10-11,15-16,18-19,21,31H,8-9,12-14,17H2,1-4H3. The molecule has 4 unspecified atom stereocenters. The summed E-state index contributed by atoms with van der Waals surface area (Å²) in [6.07, 6.45) is 7.03. The van der Waals surface area contributed by atoms with Gasteiger partial charge >= 0.3 is 0 Å². The first-order valence-corrected chi connectivity index (χ1v) is 11.9. The number of nitrogens with zero attached hydrogens (tertiary/aromatic N) is 3. The molecule has 1 fully saturated rings. The molecule has 5 rings (SSSR count). The molecule has 4 atom stereocenters. The average molecular weight is 418 g/mol. The Balaban J connectivity index is 1.74. The monoisotopic (exact) mass is 417 g/mol. The molecule has 3 aromatic rings. The lowest BCUT2D eigenvalue weighted by Crippen LogP contribution is -2.33. The quantitative estimate of drug-likeness (QED) is 0.584. The van der Waals surface area contributed by atoms with Gasteiger partial charge in [-0.15, -0.1) is 0 Å². The summed E-state index contributed by atoms with van der Waals surface area (Å²) in [5.41, 5.74) is 4.66. The Morgan fingerprint density at radius 3 is 2.55 bits per heavy atom. The molecule has 2 heterocycles. The zero-order valence-corrected chi connectivity index (χ0v) is 19.3. The predicted octanol–water partition coefficient (Wildman–Crippen LogP) is 5.81. The molecule has 1 aromatic heterocycles. The highest BCUT2D eigenvalue weighted by molar-refractivity contribution is 5.86. The molecule has 1 saturated carbocycles. The zero-order valence-electron chi connectivity index (χ0n) is 19.3. The van der Waals surface area contributed by atoms with E-state index in [1.807, 2.05) is 37.3 Å². The molecule has 4 heteroatoms. The minimum atomic E-state index is -1.14. The zero-order chi connectivity index (χ0) is 21.8. The van der Waals surface area contributed by atoms with Crippen molar-refractivity contribution in [1.82, 2.24) is 9.55 Å². The summed E-state index contributed by atoms with van der Waals surface area (Å²) in [5.74, 6) is 1.50. The minimum absolute atomic E-state index is 0.386. The number of hydrogen-bond acceptors (Lipinski definition) is 3. The van der Waals surface area contributed by atoms with Crippen molar-refractivity contribution in [1.29, 1.82) is 0 Å². The summed E-state index contributed by atoms with van der Waals surface area (Å²) < 4.78 is 2.40. The molecule has 0 bridgehead atoms. The Hall–Kier alpha value is -2.33. The van der Waals surface area contributed by atoms with Gasteiger partial charge in [-0.1, -0.05) is 50.1 Å². The Morgan fingerprint density at radius 2 is 1.81 bits per heavy atom. The van der Waals surface area contributed by atoms with Crippen LogP contribution in [0, 0.1) is 5.92 Å². The third-order valence-electron chi connectivity index (χ3n) is 7.84. The highest BCUT2D eigenvalue weighted by Gasteiger charge is 2.36. The van der Waals surface area contributed by atoms with E-state index in [4.69, 9.17) is 4.98 Å². The Kier molecular flexibility index (Phi) is 5.09. The molecule has 1 aliphatic heterocycles. The molecular weight excluding hydrogens is 382 g/mol. The molecule has 164 valence electrons. The van der Waals surface area contributed by atoms with Crippen LogP contribution in [0.25, 0.3) is 11.0 Å². The molecule has 2 aliphatic rings. The van der Waals surface area contributed by atoms with Gasteiger partial charge in [0.25, 0.3) is 0 Å². The molecule has 0 spiro atoms. The number of aromatic nitrogens is 2. The third-order valence-corrected chi connectivity index (χ3v) is 7.84. The van der Waals surface area contributed by atoms with Gasteiger partial charge in [0.2, 0.25) is 0 Å². The average Bonchev–Trinajstić information content (AvgIpc) is 3.18. The van der Waals surface area contributed by atoms with Gasteiger partial charge in [-0.05, 0) is 63.1 Å². The Labute approximate surface area is 185 Å². The third kappa shape index (κ3) is 3.36. The van der Waals surface area contributed by atoms with E-state index in [0.717, 1.165) is 42.6 Å². The van der Waals surface area contributed by atoms with Gasteiger partial charge in [0.1, 0.15) is 11.4 Å². The summed E-state index contributed by atoms with van der Waals surface area (Å²) in [7, 11) is 2.19. The molecule has 2 aromatic carbocycles. The van der Waals surface area contributed by atoms with E-state index >= 15 is 0 Å². The highest BCUT2D eigenvalue weighted by Crippen LogP contribution is 2.42. The van der Waals surface area contributed by atoms with Crippen molar-refractivity contribution < 1.29 is 5.11 Å². The SMILES string of the molecule is CC1CCCC(n2c(C(C)(O)c3ccccc3)nc3c4c(ccc32)N(C)C(C)CC4)C1. The fourth-order valence-corrected chi connectivity index (χ4v) is 5.81. The van der Waals surface area contributed by atoms with Crippen LogP contribution in [0.3, 0.4) is 0 Å². The van der Waals surface area contributed by atoms with E-state index in [9.17, 15) is 5.11 Å². The van der Waals surface area contributed by atoms with Crippen LogP contribution >= 0.6 is 0 Å². The van der Waals surface area contributed by atoms with Gasteiger partial charge in [-0.25, -0.2) is 4.98 Å². The van der Waals surface area contributed by atoms with Crippen LogP contribution in [0.4, 0.5) is 5.69 Å². The highest BCUT2D eigenvalue weighted by atomic mass is 16.3. The lowest BCUT2D eigenvalue weighted by molar-refractivity contribution is 0.0842. The van der Waals surface area contributed by atoms with Crippen molar-refractivity contribution in [3.8, 4) is 0 Å².